The summed E-state index contributed by atoms with van der Waals surface area (Å²) in [5.41, 5.74) is 0.294. The second-order valence-electron chi connectivity index (χ2n) is 5.16. The Labute approximate surface area is 141 Å². The van der Waals surface area contributed by atoms with Crippen molar-refractivity contribution in [2.75, 3.05) is 6.54 Å². The van der Waals surface area contributed by atoms with Crippen molar-refractivity contribution >= 4 is 40.6 Å². The number of nitro groups is 1. The van der Waals surface area contributed by atoms with Crippen molar-refractivity contribution in [2.45, 2.75) is 20.0 Å². The van der Waals surface area contributed by atoms with Crippen molar-refractivity contribution < 1.29 is 24.0 Å². The number of carbonyl (C=O) groups excluding carboxylic acids is 3. The molecule has 24 heavy (non-hydrogen) atoms. The van der Waals surface area contributed by atoms with Gasteiger partial charge < -0.3 is 4.74 Å². The van der Waals surface area contributed by atoms with Crippen LogP contribution in [-0.4, -0.2) is 39.6 Å². The number of carbonyl (C=O) groups is 3. The zero-order valence-electron chi connectivity index (χ0n) is 12.9. The van der Waals surface area contributed by atoms with Crippen LogP contribution in [0.4, 0.5) is 10.5 Å². The SMILES string of the molecule is CC(C)OC(=O)CN1C(=O)S/C(=C/c2cccc([N+](=O)[O-])c2)C1=O. The minimum atomic E-state index is -0.677. The van der Waals surface area contributed by atoms with E-state index in [0.717, 1.165) is 4.90 Å². The molecule has 8 nitrogen and oxygen atoms in total. The van der Waals surface area contributed by atoms with Crippen molar-refractivity contribution in [1.82, 2.24) is 4.90 Å². The lowest BCUT2D eigenvalue weighted by Gasteiger charge is -2.13. The molecule has 2 amide bonds. The van der Waals surface area contributed by atoms with Gasteiger partial charge in [0.05, 0.1) is 15.9 Å². The number of esters is 1. The van der Waals surface area contributed by atoms with Crippen LogP contribution in [0.1, 0.15) is 19.4 Å². The number of imide groups is 1. The second-order valence-corrected chi connectivity index (χ2v) is 6.15. The molecular formula is C15H14N2O6S. The molecule has 1 aliphatic heterocycles. The Bertz CT molecular complexity index is 743. The van der Waals surface area contributed by atoms with Crippen LogP contribution in [0.2, 0.25) is 0 Å². The Morgan fingerprint density at radius 2 is 2.12 bits per heavy atom. The van der Waals surface area contributed by atoms with Crippen LogP contribution >= 0.6 is 11.8 Å². The molecule has 0 radical (unpaired) electrons. The molecule has 1 aromatic rings. The van der Waals surface area contributed by atoms with Gasteiger partial charge in [-0.05, 0) is 37.2 Å². The lowest BCUT2D eigenvalue weighted by atomic mass is 10.2. The first-order valence-electron chi connectivity index (χ1n) is 6.97. The van der Waals surface area contributed by atoms with E-state index in [4.69, 9.17) is 4.74 Å². The summed E-state index contributed by atoms with van der Waals surface area (Å²) in [6.07, 6.45) is 1.03. The fourth-order valence-corrected chi connectivity index (χ4v) is 2.78. The average molecular weight is 350 g/mol. The number of benzene rings is 1. The molecule has 0 N–H and O–H groups in total. The van der Waals surface area contributed by atoms with Gasteiger partial charge in [-0.2, -0.15) is 0 Å². The van der Waals surface area contributed by atoms with Crippen LogP contribution < -0.4 is 0 Å². The third-order valence-corrected chi connectivity index (χ3v) is 3.81. The number of ether oxygens (including phenoxy) is 1. The molecule has 1 aliphatic rings. The van der Waals surface area contributed by atoms with Crippen molar-refractivity contribution in [3.8, 4) is 0 Å². The predicted octanol–water partition coefficient (Wildman–Crippen LogP) is 2.58. The molecule has 1 saturated heterocycles. The van der Waals surface area contributed by atoms with Gasteiger partial charge in [-0.25, -0.2) is 0 Å². The van der Waals surface area contributed by atoms with Crippen molar-refractivity contribution in [3.63, 3.8) is 0 Å². The van der Waals surface area contributed by atoms with Gasteiger partial charge in [-0.1, -0.05) is 12.1 Å². The molecule has 1 aromatic carbocycles. The number of non-ortho nitro benzene ring substituents is 1. The summed E-state index contributed by atoms with van der Waals surface area (Å²) >= 11 is 0.673. The highest BCUT2D eigenvalue weighted by Gasteiger charge is 2.36. The molecule has 0 atom stereocenters. The summed E-state index contributed by atoms with van der Waals surface area (Å²) in [6.45, 7) is 2.86. The fourth-order valence-electron chi connectivity index (χ4n) is 1.95. The molecule has 0 bridgehead atoms. The van der Waals surface area contributed by atoms with Crippen LogP contribution in [0.25, 0.3) is 6.08 Å². The molecule has 0 saturated carbocycles. The largest absolute Gasteiger partial charge is 0.462 e. The second kappa shape index (κ2) is 7.26. The highest BCUT2D eigenvalue weighted by Crippen LogP contribution is 2.32. The van der Waals surface area contributed by atoms with E-state index in [1.54, 1.807) is 19.9 Å². The molecule has 9 heteroatoms. The van der Waals surface area contributed by atoms with E-state index in [9.17, 15) is 24.5 Å². The van der Waals surface area contributed by atoms with Gasteiger partial charge >= 0.3 is 5.97 Å². The minimum Gasteiger partial charge on any atom is -0.462 e. The van der Waals surface area contributed by atoms with Crippen LogP contribution in [0, 0.1) is 10.1 Å². The lowest BCUT2D eigenvalue weighted by Crippen LogP contribution is -2.35. The van der Waals surface area contributed by atoms with E-state index in [1.807, 2.05) is 0 Å². The Morgan fingerprint density at radius 3 is 2.75 bits per heavy atom. The van der Waals surface area contributed by atoms with Crippen LogP contribution in [0.15, 0.2) is 29.2 Å². The highest BCUT2D eigenvalue weighted by molar-refractivity contribution is 8.18. The van der Waals surface area contributed by atoms with E-state index in [2.05, 4.69) is 0 Å². The molecule has 126 valence electrons. The first-order valence-corrected chi connectivity index (χ1v) is 7.79. The van der Waals surface area contributed by atoms with Crippen molar-refractivity contribution in [1.29, 1.82) is 0 Å². The number of nitro benzene ring substituents is 1. The zero-order valence-corrected chi connectivity index (χ0v) is 13.7. The molecular weight excluding hydrogens is 336 g/mol. The number of rotatable bonds is 5. The van der Waals surface area contributed by atoms with E-state index in [0.29, 0.717) is 17.3 Å². The number of hydrogen-bond donors (Lipinski definition) is 0. The Balaban J connectivity index is 2.17. The van der Waals surface area contributed by atoms with E-state index < -0.39 is 28.6 Å². The summed E-state index contributed by atoms with van der Waals surface area (Å²) in [5, 5.41) is 10.2. The minimum absolute atomic E-state index is 0.0952. The average Bonchev–Trinajstić information content (AvgIpc) is 2.74. The summed E-state index contributed by atoms with van der Waals surface area (Å²) in [7, 11) is 0. The molecule has 0 aromatic heterocycles. The maximum Gasteiger partial charge on any atom is 0.326 e. The fraction of sp³-hybridized carbons (Fsp3) is 0.267. The van der Waals surface area contributed by atoms with Crippen LogP contribution in [0.5, 0.6) is 0 Å². The van der Waals surface area contributed by atoms with Gasteiger partial charge in [0, 0.05) is 12.1 Å². The third-order valence-electron chi connectivity index (χ3n) is 2.91. The van der Waals surface area contributed by atoms with E-state index >= 15 is 0 Å². The van der Waals surface area contributed by atoms with Gasteiger partial charge in [0.25, 0.3) is 16.8 Å². The maximum atomic E-state index is 12.2. The topological polar surface area (TPSA) is 107 Å². The molecule has 0 spiro atoms. The molecule has 1 fully saturated rings. The number of amides is 2. The van der Waals surface area contributed by atoms with Gasteiger partial charge in [-0.3, -0.25) is 29.4 Å². The molecule has 1 heterocycles. The normalized spacial score (nSPS) is 16.1. The quantitative estimate of drug-likeness (QED) is 0.348. The van der Waals surface area contributed by atoms with Gasteiger partial charge in [-0.15, -0.1) is 0 Å². The van der Waals surface area contributed by atoms with Crippen LogP contribution in [0.3, 0.4) is 0 Å². The molecule has 0 aliphatic carbocycles. The Hall–Kier alpha value is -2.68. The highest BCUT2D eigenvalue weighted by atomic mass is 32.2. The summed E-state index contributed by atoms with van der Waals surface area (Å²) < 4.78 is 4.92. The Morgan fingerprint density at radius 1 is 1.42 bits per heavy atom. The molecule has 2 rings (SSSR count). The number of hydrogen-bond acceptors (Lipinski definition) is 7. The van der Waals surface area contributed by atoms with Gasteiger partial charge in [0.1, 0.15) is 6.54 Å². The van der Waals surface area contributed by atoms with E-state index in [1.165, 1.54) is 24.3 Å². The summed E-state index contributed by atoms with van der Waals surface area (Å²) in [6, 6.07) is 5.67. The van der Waals surface area contributed by atoms with Gasteiger partial charge in [0.2, 0.25) is 0 Å². The Kier molecular flexibility index (Phi) is 5.35. The first-order chi connectivity index (χ1) is 11.3. The molecule has 0 unspecified atom stereocenters. The standard InChI is InChI=1S/C15H14N2O6S/c1-9(2)23-13(18)8-16-14(19)12(24-15(16)20)7-10-4-3-5-11(6-10)17(21)22/h3-7,9H,8H2,1-2H3/b12-7+. The lowest BCUT2D eigenvalue weighted by molar-refractivity contribution is -0.384. The monoisotopic (exact) mass is 350 g/mol. The first kappa shape index (κ1) is 17.7. The predicted molar refractivity (Wildman–Crippen MR) is 87.0 cm³/mol. The summed E-state index contributed by atoms with van der Waals surface area (Å²) in [4.78, 5) is 46.8. The smallest absolute Gasteiger partial charge is 0.326 e. The van der Waals surface area contributed by atoms with E-state index in [-0.39, 0.29) is 16.7 Å². The number of nitrogens with zero attached hydrogens (tertiary/aromatic N) is 2. The van der Waals surface area contributed by atoms with Crippen molar-refractivity contribution in [2.24, 2.45) is 0 Å². The number of thioether (sulfide) groups is 1. The summed E-state index contributed by atoms with van der Waals surface area (Å²) in [5.74, 6) is -1.30. The third kappa shape index (κ3) is 4.19. The zero-order chi connectivity index (χ0) is 17.9. The van der Waals surface area contributed by atoms with Crippen molar-refractivity contribution in [3.05, 3.63) is 44.8 Å². The van der Waals surface area contributed by atoms with Gasteiger partial charge in [0.15, 0.2) is 0 Å². The maximum absolute atomic E-state index is 12.2. The van der Waals surface area contributed by atoms with Crippen LogP contribution in [-0.2, 0) is 14.3 Å².